The molecular formula is C19H17N3O2. The van der Waals surface area contributed by atoms with Gasteiger partial charge in [0.2, 0.25) is 0 Å². The molecule has 0 atom stereocenters. The molecule has 0 aliphatic heterocycles. The van der Waals surface area contributed by atoms with Crippen LogP contribution in [0.2, 0.25) is 0 Å². The van der Waals surface area contributed by atoms with Gasteiger partial charge >= 0.3 is 0 Å². The number of pyridine rings is 1. The number of fused-ring (bicyclic) bond motifs is 2. The molecule has 1 aromatic carbocycles. The molecule has 2 aliphatic carbocycles. The largest absolute Gasteiger partial charge is 0.493 e. The fourth-order valence-corrected chi connectivity index (χ4v) is 3.46. The molecule has 0 radical (unpaired) electrons. The predicted octanol–water partition coefficient (Wildman–Crippen LogP) is 3.41. The lowest BCUT2D eigenvalue weighted by Gasteiger charge is -2.09. The normalized spacial score (nSPS) is 16.6. The van der Waals surface area contributed by atoms with Gasteiger partial charge in [-0.2, -0.15) is 5.10 Å². The second-order valence-corrected chi connectivity index (χ2v) is 6.56. The SMILES string of the molecule is COc1ccc(-c2ccc3c(c2)CCC3=O)n2nc(C3CC3)nc12. The van der Waals surface area contributed by atoms with Gasteiger partial charge in [-0.25, -0.2) is 9.50 Å². The summed E-state index contributed by atoms with van der Waals surface area (Å²) < 4.78 is 7.33. The van der Waals surface area contributed by atoms with E-state index < -0.39 is 0 Å². The van der Waals surface area contributed by atoms with Crippen molar-refractivity contribution < 1.29 is 9.53 Å². The smallest absolute Gasteiger partial charge is 0.198 e. The first-order valence-electron chi connectivity index (χ1n) is 8.35. The first-order valence-corrected chi connectivity index (χ1v) is 8.35. The topological polar surface area (TPSA) is 56.5 Å². The van der Waals surface area contributed by atoms with E-state index in [-0.39, 0.29) is 5.78 Å². The number of aryl methyl sites for hydroxylation is 1. The highest BCUT2D eigenvalue weighted by molar-refractivity contribution is 6.00. The Bertz CT molecular complexity index is 986. The van der Waals surface area contributed by atoms with E-state index in [0.29, 0.717) is 12.3 Å². The van der Waals surface area contributed by atoms with Gasteiger partial charge in [0.25, 0.3) is 0 Å². The number of ketones is 1. The maximum atomic E-state index is 11.9. The summed E-state index contributed by atoms with van der Waals surface area (Å²) in [4.78, 5) is 16.5. The third kappa shape index (κ3) is 1.97. The summed E-state index contributed by atoms with van der Waals surface area (Å²) in [6, 6.07) is 10.0. The summed E-state index contributed by atoms with van der Waals surface area (Å²) >= 11 is 0. The van der Waals surface area contributed by atoms with E-state index in [1.165, 1.54) is 0 Å². The van der Waals surface area contributed by atoms with Crippen LogP contribution in [0.5, 0.6) is 5.75 Å². The first kappa shape index (κ1) is 13.7. The molecule has 5 heteroatoms. The third-order valence-electron chi connectivity index (χ3n) is 4.95. The maximum Gasteiger partial charge on any atom is 0.198 e. The Labute approximate surface area is 139 Å². The Balaban J connectivity index is 1.70. The number of carbonyl (C=O) groups excluding carboxylic acids is 1. The van der Waals surface area contributed by atoms with Gasteiger partial charge in [0, 0.05) is 23.5 Å². The molecule has 0 saturated heterocycles. The van der Waals surface area contributed by atoms with Gasteiger partial charge in [-0.05, 0) is 43.0 Å². The Morgan fingerprint density at radius 1 is 1.17 bits per heavy atom. The Morgan fingerprint density at radius 3 is 2.83 bits per heavy atom. The van der Waals surface area contributed by atoms with Gasteiger partial charge in [-0.15, -0.1) is 0 Å². The summed E-state index contributed by atoms with van der Waals surface area (Å²) in [6.45, 7) is 0. The van der Waals surface area contributed by atoms with E-state index in [2.05, 4.69) is 11.1 Å². The fraction of sp³-hybridized carbons (Fsp3) is 0.316. The monoisotopic (exact) mass is 319 g/mol. The lowest BCUT2D eigenvalue weighted by Crippen LogP contribution is -1.98. The van der Waals surface area contributed by atoms with Crippen molar-refractivity contribution in [1.29, 1.82) is 0 Å². The Morgan fingerprint density at radius 2 is 2.04 bits per heavy atom. The van der Waals surface area contributed by atoms with Crippen LogP contribution in [0.4, 0.5) is 0 Å². The van der Waals surface area contributed by atoms with Crippen LogP contribution in [0.15, 0.2) is 30.3 Å². The molecule has 0 bridgehead atoms. The zero-order chi connectivity index (χ0) is 16.3. The van der Waals surface area contributed by atoms with Crippen LogP contribution >= 0.6 is 0 Å². The number of carbonyl (C=O) groups is 1. The first-order chi connectivity index (χ1) is 11.7. The minimum atomic E-state index is 0.244. The van der Waals surface area contributed by atoms with E-state index in [4.69, 9.17) is 9.84 Å². The zero-order valence-corrected chi connectivity index (χ0v) is 13.5. The number of nitrogens with zero attached hydrogens (tertiary/aromatic N) is 3. The van der Waals surface area contributed by atoms with Crippen molar-refractivity contribution in [2.75, 3.05) is 7.11 Å². The van der Waals surface area contributed by atoms with Crippen LogP contribution < -0.4 is 4.74 Å². The lowest BCUT2D eigenvalue weighted by atomic mass is 10.0. The Kier molecular flexibility index (Phi) is 2.80. The van der Waals surface area contributed by atoms with Crippen LogP contribution in [-0.2, 0) is 6.42 Å². The van der Waals surface area contributed by atoms with Gasteiger partial charge in [-0.3, -0.25) is 4.79 Å². The quantitative estimate of drug-likeness (QED) is 0.742. The Hall–Kier alpha value is -2.69. The van der Waals surface area contributed by atoms with E-state index in [9.17, 15) is 4.79 Å². The number of ether oxygens (including phenoxy) is 1. The van der Waals surface area contributed by atoms with Crippen LogP contribution in [-0.4, -0.2) is 27.5 Å². The predicted molar refractivity (Wildman–Crippen MR) is 89.6 cm³/mol. The summed E-state index contributed by atoms with van der Waals surface area (Å²) in [5.74, 6) is 2.36. The van der Waals surface area contributed by atoms with Crippen LogP contribution in [0.3, 0.4) is 0 Å². The number of rotatable bonds is 3. The van der Waals surface area contributed by atoms with E-state index in [1.807, 2.05) is 28.8 Å². The van der Waals surface area contributed by atoms with E-state index in [1.54, 1.807) is 7.11 Å². The molecule has 2 aliphatic rings. The molecular weight excluding hydrogens is 302 g/mol. The fourth-order valence-electron chi connectivity index (χ4n) is 3.46. The highest BCUT2D eigenvalue weighted by atomic mass is 16.5. The molecule has 5 rings (SSSR count). The van der Waals surface area contributed by atoms with Crippen LogP contribution in [0.25, 0.3) is 16.9 Å². The number of aromatic nitrogens is 3. The average molecular weight is 319 g/mol. The number of hydrogen-bond donors (Lipinski definition) is 0. The molecule has 2 heterocycles. The molecule has 5 nitrogen and oxygen atoms in total. The van der Waals surface area contributed by atoms with E-state index in [0.717, 1.165) is 58.9 Å². The second kappa shape index (κ2) is 4.90. The zero-order valence-electron chi connectivity index (χ0n) is 13.5. The summed E-state index contributed by atoms with van der Waals surface area (Å²) in [5.41, 5.74) is 4.79. The molecule has 0 spiro atoms. The standard InChI is InChI=1S/C19H17N3O2/c1-24-17-9-7-15(22-19(17)20-18(21-22)11-2-3-11)13-4-6-14-12(10-13)5-8-16(14)23/h4,6-7,9-11H,2-3,5,8H2,1H3. The van der Waals surface area contributed by atoms with Crippen molar-refractivity contribution in [3.8, 4) is 17.0 Å². The van der Waals surface area contributed by atoms with Crippen LogP contribution in [0.1, 0.15) is 46.9 Å². The maximum absolute atomic E-state index is 11.9. The minimum Gasteiger partial charge on any atom is -0.493 e. The summed E-state index contributed by atoms with van der Waals surface area (Å²) in [7, 11) is 1.65. The molecule has 1 fully saturated rings. The number of Topliss-reactive ketones (excluding diaryl/α,β-unsaturated/α-hetero) is 1. The van der Waals surface area contributed by atoms with E-state index >= 15 is 0 Å². The average Bonchev–Trinajstić information content (AvgIpc) is 3.26. The van der Waals surface area contributed by atoms with Gasteiger partial charge in [-0.1, -0.05) is 12.1 Å². The highest BCUT2D eigenvalue weighted by Gasteiger charge is 2.29. The molecule has 0 amide bonds. The highest BCUT2D eigenvalue weighted by Crippen LogP contribution is 2.39. The lowest BCUT2D eigenvalue weighted by molar-refractivity contribution is 0.0994. The van der Waals surface area contributed by atoms with Crippen molar-refractivity contribution in [3.05, 3.63) is 47.3 Å². The number of benzene rings is 1. The minimum absolute atomic E-state index is 0.244. The van der Waals surface area contributed by atoms with Gasteiger partial charge < -0.3 is 4.74 Å². The molecule has 0 N–H and O–H groups in total. The van der Waals surface area contributed by atoms with Crippen LogP contribution in [0, 0.1) is 0 Å². The van der Waals surface area contributed by atoms with Crippen molar-refractivity contribution in [2.24, 2.45) is 0 Å². The van der Waals surface area contributed by atoms with Gasteiger partial charge in [0.05, 0.1) is 12.8 Å². The molecule has 3 aromatic rings. The van der Waals surface area contributed by atoms with Crippen molar-refractivity contribution in [3.63, 3.8) is 0 Å². The molecule has 2 aromatic heterocycles. The van der Waals surface area contributed by atoms with Gasteiger partial charge in [0.15, 0.2) is 23.0 Å². The molecule has 1 saturated carbocycles. The summed E-state index contributed by atoms with van der Waals surface area (Å²) in [5, 5.41) is 4.73. The molecule has 120 valence electrons. The second-order valence-electron chi connectivity index (χ2n) is 6.56. The summed E-state index contributed by atoms with van der Waals surface area (Å²) in [6.07, 6.45) is 3.77. The van der Waals surface area contributed by atoms with Crippen molar-refractivity contribution >= 4 is 11.4 Å². The number of hydrogen-bond acceptors (Lipinski definition) is 4. The molecule has 0 unspecified atom stereocenters. The van der Waals surface area contributed by atoms with Crippen molar-refractivity contribution in [2.45, 2.75) is 31.6 Å². The number of methoxy groups -OCH3 is 1. The third-order valence-corrected chi connectivity index (χ3v) is 4.95. The van der Waals surface area contributed by atoms with Crippen molar-refractivity contribution in [1.82, 2.24) is 14.6 Å². The molecule has 24 heavy (non-hydrogen) atoms. The van der Waals surface area contributed by atoms with Gasteiger partial charge in [0.1, 0.15) is 0 Å².